The highest BCUT2D eigenvalue weighted by Gasteiger charge is 2.05. The third kappa shape index (κ3) is 3.45. The number of nitrogens with one attached hydrogen (secondary N) is 2. The highest BCUT2D eigenvalue weighted by atomic mass is 16.3. The molecule has 3 N–H and O–H groups in total. The molecule has 0 radical (unpaired) electrons. The van der Waals surface area contributed by atoms with Crippen molar-refractivity contribution in [3.63, 3.8) is 0 Å². The highest BCUT2D eigenvalue weighted by molar-refractivity contribution is 6.00. The number of hydrogen-bond acceptors (Lipinski definition) is 3. The van der Waals surface area contributed by atoms with E-state index in [4.69, 9.17) is 5.11 Å². The molecule has 0 spiro atoms. The fourth-order valence-electron chi connectivity index (χ4n) is 1.65. The number of carbonyl (C=O) groups excluding carboxylic acids is 1. The molecule has 2 amide bonds. The molecule has 0 saturated carbocycles. The Morgan fingerprint density at radius 3 is 2.37 bits per heavy atom. The molecular weight excluding hydrogens is 242 g/mol. The monoisotopic (exact) mass is 257 g/mol. The van der Waals surface area contributed by atoms with Gasteiger partial charge in [0.15, 0.2) is 0 Å². The van der Waals surface area contributed by atoms with Gasteiger partial charge in [0, 0.05) is 11.4 Å². The Balaban J connectivity index is 2.03. The van der Waals surface area contributed by atoms with E-state index in [0.29, 0.717) is 11.4 Å². The number of amides is 2. The fraction of sp³-hybridized carbons (Fsp3) is 0.143. The van der Waals surface area contributed by atoms with E-state index in [1.165, 1.54) is 12.1 Å². The zero-order valence-electron chi connectivity index (χ0n) is 10.8. The summed E-state index contributed by atoms with van der Waals surface area (Å²) >= 11 is 0. The lowest BCUT2D eigenvalue weighted by molar-refractivity contribution is 0.262. The van der Waals surface area contributed by atoms with Crippen LogP contribution in [0.1, 0.15) is 11.4 Å². The number of carbonyl (C=O) groups is 1. The number of aromatic hydroxyl groups is 1. The molecule has 19 heavy (non-hydrogen) atoms. The number of anilines is 2. The van der Waals surface area contributed by atoms with E-state index in [2.05, 4.69) is 15.6 Å². The van der Waals surface area contributed by atoms with E-state index in [9.17, 15) is 4.79 Å². The quantitative estimate of drug-likeness (QED) is 0.724. The van der Waals surface area contributed by atoms with Crippen LogP contribution in [0, 0.1) is 13.8 Å². The molecule has 0 bridgehead atoms. The van der Waals surface area contributed by atoms with Gasteiger partial charge in [0.2, 0.25) is 0 Å². The van der Waals surface area contributed by atoms with E-state index < -0.39 is 0 Å². The maximum atomic E-state index is 11.8. The van der Waals surface area contributed by atoms with Gasteiger partial charge in [-0.05, 0) is 50.2 Å². The lowest BCUT2D eigenvalue weighted by Gasteiger charge is -2.09. The first kappa shape index (κ1) is 12.9. The lowest BCUT2D eigenvalue weighted by Crippen LogP contribution is -2.20. The van der Waals surface area contributed by atoms with Crippen LogP contribution in [-0.4, -0.2) is 16.1 Å². The first-order valence-electron chi connectivity index (χ1n) is 5.86. The van der Waals surface area contributed by atoms with Crippen LogP contribution in [-0.2, 0) is 0 Å². The molecule has 2 aromatic rings. The van der Waals surface area contributed by atoms with Gasteiger partial charge in [-0.3, -0.25) is 4.98 Å². The van der Waals surface area contributed by atoms with Gasteiger partial charge < -0.3 is 15.7 Å². The zero-order chi connectivity index (χ0) is 13.8. The maximum Gasteiger partial charge on any atom is 0.323 e. The molecule has 0 aliphatic rings. The van der Waals surface area contributed by atoms with Crippen molar-refractivity contribution in [3.05, 3.63) is 47.8 Å². The number of rotatable bonds is 2. The number of phenols is 1. The third-order valence-corrected chi connectivity index (χ3v) is 2.60. The summed E-state index contributed by atoms with van der Waals surface area (Å²) < 4.78 is 0. The van der Waals surface area contributed by atoms with Crippen LogP contribution in [0.3, 0.4) is 0 Å². The van der Waals surface area contributed by atoms with Crippen LogP contribution < -0.4 is 10.6 Å². The Morgan fingerprint density at radius 1 is 1.05 bits per heavy atom. The minimum absolute atomic E-state index is 0.157. The number of aromatic nitrogens is 1. The van der Waals surface area contributed by atoms with Crippen LogP contribution in [0.5, 0.6) is 5.75 Å². The van der Waals surface area contributed by atoms with Gasteiger partial charge in [-0.25, -0.2) is 4.79 Å². The van der Waals surface area contributed by atoms with Gasteiger partial charge in [-0.1, -0.05) is 0 Å². The van der Waals surface area contributed by atoms with Gasteiger partial charge in [-0.15, -0.1) is 0 Å². The summed E-state index contributed by atoms with van der Waals surface area (Å²) in [6.45, 7) is 3.73. The number of hydrogen-bond donors (Lipinski definition) is 3. The van der Waals surface area contributed by atoms with E-state index in [0.717, 1.165) is 11.4 Å². The van der Waals surface area contributed by atoms with Crippen LogP contribution in [0.4, 0.5) is 16.2 Å². The van der Waals surface area contributed by atoms with Crippen molar-refractivity contribution >= 4 is 17.4 Å². The van der Waals surface area contributed by atoms with Crippen LogP contribution >= 0.6 is 0 Å². The van der Waals surface area contributed by atoms with Gasteiger partial charge in [0.1, 0.15) is 5.75 Å². The molecule has 0 unspecified atom stereocenters. The average Bonchev–Trinajstić information content (AvgIpc) is 2.36. The lowest BCUT2D eigenvalue weighted by atomic mass is 10.3. The average molecular weight is 257 g/mol. The largest absolute Gasteiger partial charge is 0.508 e. The Kier molecular flexibility index (Phi) is 3.66. The molecule has 98 valence electrons. The normalized spacial score (nSPS) is 10.0. The number of nitrogens with zero attached hydrogens (tertiary/aromatic N) is 1. The molecule has 0 atom stereocenters. The second-order valence-electron chi connectivity index (χ2n) is 4.21. The number of aryl methyl sites for hydroxylation is 2. The Bertz CT molecular complexity index is 594. The molecule has 5 nitrogen and oxygen atoms in total. The first-order chi connectivity index (χ1) is 9.04. The van der Waals surface area contributed by atoms with Crippen molar-refractivity contribution in [2.24, 2.45) is 0 Å². The van der Waals surface area contributed by atoms with Crippen molar-refractivity contribution in [1.29, 1.82) is 0 Å². The van der Waals surface area contributed by atoms with E-state index in [-0.39, 0.29) is 11.8 Å². The fourth-order valence-corrected chi connectivity index (χ4v) is 1.65. The van der Waals surface area contributed by atoms with Gasteiger partial charge >= 0.3 is 6.03 Å². The summed E-state index contributed by atoms with van der Waals surface area (Å²) in [5.41, 5.74) is 2.94. The van der Waals surface area contributed by atoms with Crippen molar-refractivity contribution < 1.29 is 9.90 Å². The molecule has 0 saturated heterocycles. The molecule has 1 aromatic heterocycles. The Labute approximate surface area is 111 Å². The summed E-state index contributed by atoms with van der Waals surface area (Å²) in [4.78, 5) is 16.1. The SMILES string of the molecule is Cc1ccc(NC(=O)Nc2ccc(O)cc2)c(C)n1. The van der Waals surface area contributed by atoms with Crippen molar-refractivity contribution in [1.82, 2.24) is 4.98 Å². The summed E-state index contributed by atoms with van der Waals surface area (Å²) in [7, 11) is 0. The van der Waals surface area contributed by atoms with Crippen molar-refractivity contribution in [2.75, 3.05) is 10.6 Å². The summed E-state index contributed by atoms with van der Waals surface area (Å²) in [5.74, 6) is 0.157. The van der Waals surface area contributed by atoms with E-state index in [1.54, 1.807) is 12.1 Å². The predicted molar refractivity (Wildman–Crippen MR) is 74.5 cm³/mol. The van der Waals surface area contributed by atoms with Crippen molar-refractivity contribution in [2.45, 2.75) is 13.8 Å². The number of pyridine rings is 1. The molecule has 1 heterocycles. The number of benzene rings is 1. The highest BCUT2D eigenvalue weighted by Crippen LogP contribution is 2.15. The van der Waals surface area contributed by atoms with E-state index >= 15 is 0 Å². The Morgan fingerprint density at radius 2 is 1.74 bits per heavy atom. The second kappa shape index (κ2) is 5.39. The van der Waals surface area contributed by atoms with E-state index in [1.807, 2.05) is 26.0 Å². The molecule has 5 heteroatoms. The Hall–Kier alpha value is -2.56. The minimum atomic E-state index is -0.348. The summed E-state index contributed by atoms with van der Waals surface area (Å²) in [5, 5.41) is 14.5. The van der Waals surface area contributed by atoms with Gasteiger partial charge in [-0.2, -0.15) is 0 Å². The van der Waals surface area contributed by atoms with Gasteiger partial charge in [0.05, 0.1) is 11.4 Å². The minimum Gasteiger partial charge on any atom is -0.508 e. The van der Waals surface area contributed by atoms with Crippen LogP contribution in [0.2, 0.25) is 0 Å². The van der Waals surface area contributed by atoms with Crippen molar-refractivity contribution in [3.8, 4) is 5.75 Å². The number of phenolic OH excluding ortho intramolecular Hbond substituents is 1. The first-order valence-corrected chi connectivity index (χ1v) is 5.86. The smallest absolute Gasteiger partial charge is 0.323 e. The summed E-state index contributed by atoms with van der Waals surface area (Å²) in [6.07, 6.45) is 0. The summed E-state index contributed by atoms with van der Waals surface area (Å²) in [6, 6.07) is 9.56. The molecule has 0 fully saturated rings. The molecule has 1 aromatic carbocycles. The van der Waals surface area contributed by atoms with Gasteiger partial charge in [0.25, 0.3) is 0 Å². The number of urea groups is 1. The predicted octanol–water partition coefficient (Wildman–Crippen LogP) is 3.05. The standard InChI is InChI=1S/C14H15N3O2/c1-9-3-8-13(10(2)15-9)17-14(19)16-11-4-6-12(18)7-5-11/h3-8,18H,1-2H3,(H2,16,17,19). The van der Waals surface area contributed by atoms with Crippen LogP contribution in [0.15, 0.2) is 36.4 Å². The molecule has 0 aliphatic carbocycles. The molecule has 0 aliphatic heterocycles. The topological polar surface area (TPSA) is 74.2 Å². The van der Waals surface area contributed by atoms with Crippen LogP contribution in [0.25, 0.3) is 0 Å². The third-order valence-electron chi connectivity index (χ3n) is 2.60. The molecular formula is C14H15N3O2. The zero-order valence-corrected chi connectivity index (χ0v) is 10.8. The maximum absolute atomic E-state index is 11.8. The molecule has 2 rings (SSSR count). The second-order valence-corrected chi connectivity index (χ2v) is 4.21.